The molecule has 0 saturated carbocycles. The molecule has 0 spiro atoms. The second kappa shape index (κ2) is 7.75. The summed E-state index contributed by atoms with van der Waals surface area (Å²) in [6.07, 6.45) is 0. The molecule has 1 aromatic heterocycles. The molecular weight excluding hydrogens is 358 g/mol. The second-order valence-corrected chi connectivity index (χ2v) is 7.24. The van der Waals surface area contributed by atoms with E-state index in [1.54, 1.807) is 0 Å². The maximum Gasteiger partial charge on any atom is 0.270 e. The summed E-state index contributed by atoms with van der Waals surface area (Å²) < 4.78 is 0. The van der Waals surface area contributed by atoms with Crippen molar-refractivity contribution in [2.24, 2.45) is 0 Å². The molecule has 0 bridgehead atoms. The van der Waals surface area contributed by atoms with Crippen molar-refractivity contribution < 1.29 is 4.79 Å². The molecule has 1 aliphatic heterocycles. The van der Waals surface area contributed by atoms with E-state index in [1.807, 2.05) is 23.1 Å². The number of carbonyl (C=O) groups excluding carboxylic acids is 1. The number of aromatic nitrogens is 1. The molecule has 1 fully saturated rings. The first-order chi connectivity index (χ1) is 12.6. The summed E-state index contributed by atoms with van der Waals surface area (Å²) in [4.78, 5) is 18.6. The Morgan fingerprint density at radius 1 is 1.04 bits per heavy atom. The standard InChI is InChI=1S/C22H25N3O.ClH/c1-14-9-10-15(2)20-19(14)16(3)21(24-20)22(26)25-12-11-23-18(13-25)17-7-5-4-6-8-17;/h4-10,18,23-24H,11-13H2,1-3H3;1H. The molecule has 2 N–H and O–H groups in total. The maximum absolute atomic E-state index is 13.3. The maximum atomic E-state index is 13.3. The van der Waals surface area contributed by atoms with E-state index in [1.165, 1.54) is 22.1 Å². The summed E-state index contributed by atoms with van der Waals surface area (Å²) in [6, 6.07) is 14.8. The Kier molecular flexibility index (Phi) is 5.59. The van der Waals surface area contributed by atoms with Crippen molar-refractivity contribution in [2.75, 3.05) is 19.6 Å². The van der Waals surface area contributed by atoms with Crippen LogP contribution in [0.3, 0.4) is 0 Å². The Balaban J connectivity index is 0.00000210. The molecule has 3 aromatic rings. The van der Waals surface area contributed by atoms with Gasteiger partial charge < -0.3 is 15.2 Å². The van der Waals surface area contributed by atoms with Crippen LogP contribution in [0.1, 0.15) is 38.8 Å². The lowest BCUT2D eigenvalue weighted by Crippen LogP contribution is -2.48. The van der Waals surface area contributed by atoms with Crippen molar-refractivity contribution in [3.63, 3.8) is 0 Å². The fourth-order valence-corrected chi connectivity index (χ4v) is 4.01. The highest BCUT2D eigenvalue weighted by Crippen LogP contribution is 2.29. The number of halogens is 1. The van der Waals surface area contributed by atoms with E-state index in [2.05, 4.69) is 55.3 Å². The molecule has 1 amide bonds. The van der Waals surface area contributed by atoms with Crippen molar-refractivity contribution in [2.45, 2.75) is 26.8 Å². The van der Waals surface area contributed by atoms with Crippen molar-refractivity contribution in [1.82, 2.24) is 15.2 Å². The topological polar surface area (TPSA) is 48.1 Å². The fourth-order valence-electron chi connectivity index (χ4n) is 4.01. The van der Waals surface area contributed by atoms with Gasteiger partial charge in [-0.15, -0.1) is 12.4 Å². The quantitative estimate of drug-likeness (QED) is 0.693. The third-order valence-electron chi connectivity index (χ3n) is 5.50. The number of benzene rings is 2. The number of H-pyrrole nitrogens is 1. The largest absolute Gasteiger partial charge is 0.350 e. The molecule has 5 heteroatoms. The number of fused-ring (bicyclic) bond motifs is 1. The monoisotopic (exact) mass is 383 g/mol. The Labute approximate surface area is 166 Å². The number of hydrogen-bond donors (Lipinski definition) is 2. The van der Waals surface area contributed by atoms with Gasteiger partial charge in [0.1, 0.15) is 5.69 Å². The first-order valence-corrected chi connectivity index (χ1v) is 9.22. The van der Waals surface area contributed by atoms with Gasteiger partial charge in [0.15, 0.2) is 0 Å². The molecule has 0 radical (unpaired) electrons. The zero-order chi connectivity index (χ0) is 18.3. The molecule has 27 heavy (non-hydrogen) atoms. The van der Waals surface area contributed by atoms with E-state index in [9.17, 15) is 4.79 Å². The minimum atomic E-state index is 0. The summed E-state index contributed by atoms with van der Waals surface area (Å²) in [5.74, 6) is 0.0972. The summed E-state index contributed by atoms with van der Waals surface area (Å²) in [5.41, 5.74) is 6.48. The highest BCUT2D eigenvalue weighted by Gasteiger charge is 2.27. The van der Waals surface area contributed by atoms with E-state index in [0.717, 1.165) is 29.9 Å². The Hall–Kier alpha value is -2.30. The number of carbonyl (C=O) groups is 1. The number of nitrogens with one attached hydrogen (secondary N) is 2. The van der Waals surface area contributed by atoms with Gasteiger partial charge in [0.05, 0.1) is 0 Å². The molecule has 0 aliphatic carbocycles. The Morgan fingerprint density at radius 2 is 1.74 bits per heavy atom. The molecular formula is C22H26ClN3O. The lowest BCUT2D eigenvalue weighted by molar-refractivity contribution is 0.0697. The SMILES string of the molecule is Cc1ccc(C)c2c(C)c(C(=O)N3CCNC(c4ccccc4)C3)[nH]c12.Cl. The molecule has 4 nitrogen and oxygen atoms in total. The van der Waals surface area contributed by atoms with E-state index in [-0.39, 0.29) is 24.4 Å². The fraction of sp³-hybridized carbons (Fsp3) is 0.318. The third kappa shape index (κ3) is 3.47. The highest BCUT2D eigenvalue weighted by molar-refractivity contribution is 6.02. The van der Waals surface area contributed by atoms with Crippen molar-refractivity contribution in [1.29, 1.82) is 0 Å². The summed E-state index contributed by atoms with van der Waals surface area (Å²) in [7, 11) is 0. The van der Waals surface area contributed by atoms with Crippen LogP contribution in [0, 0.1) is 20.8 Å². The number of amides is 1. The zero-order valence-corrected chi connectivity index (χ0v) is 16.8. The average Bonchev–Trinajstić information content (AvgIpc) is 3.03. The van der Waals surface area contributed by atoms with Gasteiger partial charge in [0.25, 0.3) is 5.91 Å². The summed E-state index contributed by atoms with van der Waals surface area (Å²) >= 11 is 0. The molecule has 1 aliphatic rings. The molecule has 1 unspecified atom stereocenters. The lowest BCUT2D eigenvalue weighted by atomic mass is 10.0. The first-order valence-electron chi connectivity index (χ1n) is 9.22. The van der Waals surface area contributed by atoms with Gasteiger partial charge >= 0.3 is 0 Å². The predicted molar refractivity (Wildman–Crippen MR) is 113 cm³/mol. The molecule has 2 heterocycles. The number of piperazine rings is 1. The normalized spacial score (nSPS) is 17.0. The van der Waals surface area contributed by atoms with Crippen LogP contribution < -0.4 is 5.32 Å². The number of nitrogens with zero attached hydrogens (tertiary/aromatic N) is 1. The van der Waals surface area contributed by atoms with Gasteiger partial charge in [-0.25, -0.2) is 0 Å². The minimum Gasteiger partial charge on any atom is -0.350 e. The number of aryl methyl sites for hydroxylation is 3. The first kappa shape index (κ1) is 19.5. The van der Waals surface area contributed by atoms with Gasteiger partial charge in [-0.3, -0.25) is 4.79 Å². The van der Waals surface area contributed by atoms with Crippen LogP contribution in [0.25, 0.3) is 10.9 Å². The van der Waals surface area contributed by atoms with Crippen LogP contribution in [-0.2, 0) is 0 Å². The van der Waals surface area contributed by atoms with Crippen LogP contribution in [0.15, 0.2) is 42.5 Å². The molecule has 4 rings (SSSR count). The van der Waals surface area contributed by atoms with Crippen molar-refractivity contribution >= 4 is 29.2 Å². The van der Waals surface area contributed by atoms with Crippen LogP contribution >= 0.6 is 12.4 Å². The van der Waals surface area contributed by atoms with Gasteiger partial charge in [0.2, 0.25) is 0 Å². The number of hydrogen-bond acceptors (Lipinski definition) is 2. The Morgan fingerprint density at radius 3 is 2.44 bits per heavy atom. The Bertz CT molecular complexity index is 965. The van der Waals surface area contributed by atoms with Gasteiger partial charge in [-0.2, -0.15) is 0 Å². The molecule has 2 aromatic carbocycles. The smallest absolute Gasteiger partial charge is 0.270 e. The highest BCUT2D eigenvalue weighted by atomic mass is 35.5. The van der Waals surface area contributed by atoms with Crippen LogP contribution in [0.4, 0.5) is 0 Å². The molecule has 1 atom stereocenters. The lowest BCUT2D eigenvalue weighted by Gasteiger charge is -2.34. The van der Waals surface area contributed by atoms with Gasteiger partial charge in [-0.05, 0) is 43.0 Å². The average molecular weight is 384 g/mol. The third-order valence-corrected chi connectivity index (χ3v) is 5.50. The molecule has 142 valence electrons. The van der Waals surface area contributed by atoms with E-state index in [0.29, 0.717) is 6.54 Å². The van der Waals surface area contributed by atoms with Gasteiger partial charge in [0, 0.05) is 36.6 Å². The minimum absolute atomic E-state index is 0. The van der Waals surface area contributed by atoms with Crippen LogP contribution in [-0.4, -0.2) is 35.4 Å². The van der Waals surface area contributed by atoms with Crippen molar-refractivity contribution in [3.8, 4) is 0 Å². The second-order valence-electron chi connectivity index (χ2n) is 7.24. The summed E-state index contributed by atoms with van der Waals surface area (Å²) in [6.45, 7) is 8.47. The van der Waals surface area contributed by atoms with Crippen molar-refractivity contribution in [3.05, 3.63) is 70.4 Å². The summed E-state index contributed by atoms with van der Waals surface area (Å²) in [5, 5.41) is 4.71. The zero-order valence-electron chi connectivity index (χ0n) is 16.0. The molecule has 1 saturated heterocycles. The van der Waals surface area contributed by atoms with E-state index >= 15 is 0 Å². The number of aromatic amines is 1. The van der Waals surface area contributed by atoms with E-state index < -0.39 is 0 Å². The van der Waals surface area contributed by atoms with Gasteiger partial charge in [-0.1, -0.05) is 42.5 Å². The number of rotatable bonds is 2. The van der Waals surface area contributed by atoms with Crippen LogP contribution in [0.5, 0.6) is 0 Å². The predicted octanol–water partition coefficient (Wildman–Crippen LogP) is 4.30. The van der Waals surface area contributed by atoms with E-state index in [4.69, 9.17) is 0 Å². The van der Waals surface area contributed by atoms with Crippen LogP contribution in [0.2, 0.25) is 0 Å².